The minimum Gasteiger partial charge on any atom is -0.466 e. The van der Waals surface area contributed by atoms with Crippen molar-refractivity contribution in [3.63, 3.8) is 0 Å². The molecule has 0 saturated heterocycles. The highest BCUT2D eigenvalue weighted by Gasteiger charge is 2.21. The molecule has 1 aliphatic rings. The van der Waals surface area contributed by atoms with E-state index in [2.05, 4.69) is 44.5 Å². The van der Waals surface area contributed by atoms with E-state index >= 15 is 0 Å². The van der Waals surface area contributed by atoms with Crippen molar-refractivity contribution >= 4 is 17.7 Å². The van der Waals surface area contributed by atoms with Crippen molar-refractivity contribution in [2.75, 3.05) is 32.6 Å². The summed E-state index contributed by atoms with van der Waals surface area (Å²) >= 11 is 2.29. The Morgan fingerprint density at radius 1 is 0.711 bits per heavy atom. The second kappa shape index (κ2) is 31.0. The number of esters is 1. The van der Waals surface area contributed by atoms with Gasteiger partial charge < -0.3 is 14.7 Å². The van der Waals surface area contributed by atoms with E-state index in [1.54, 1.807) is 0 Å². The van der Waals surface area contributed by atoms with E-state index in [1.165, 1.54) is 141 Å². The van der Waals surface area contributed by atoms with Gasteiger partial charge in [0.2, 0.25) is 0 Å². The molecule has 0 aliphatic heterocycles. The van der Waals surface area contributed by atoms with E-state index in [-0.39, 0.29) is 5.97 Å². The second-order valence-corrected chi connectivity index (χ2v) is 15.9. The number of hydrogen-bond acceptors (Lipinski definition) is 5. The summed E-state index contributed by atoms with van der Waals surface area (Å²) in [5, 5.41) is 10.3. The second-order valence-electron chi connectivity index (χ2n) is 14.5. The van der Waals surface area contributed by atoms with E-state index in [0.717, 1.165) is 49.8 Å². The summed E-state index contributed by atoms with van der Waals surface area (Å²) < 4.78 is 5.74. The third kappa shape index (κ3) is 24.5. The van der Waals surface area contributed by atoms with Gasteiger partial charge in [-0.15, -0.1) is 0 Å². The number of aliphatic hydroxyl groups is 1. The summed E-state index contributed by atoms with van der Waals surface area (Å²) in [5.41, 5.74) is 0. The molecule has 4 nitrogen and oxygen atoms in total. The fourth-order valence-electron chi connectivity index (χ4n) is 7.25. The van der Waals surface area contributed by atoms with Crippen molar-refractivity contribution < 1.29 is 14.6 Å². The fourth-order valence-corrected chi connectivity index (χ4v) is 8.72. The first-order valence-corrected chi connectivity index (χ1v) is 21.2. The van der Waals surface area contributed by atoms with Crippen LogP contribution in [0.25, 0.3) is 0 Å². The van der Waals surface area contributed by atoms with Crippen LogP contribution < -0.4 is 0 Å². The summed E-state index contributed by atoms with van der Waals surface area (Å²) in [4.78, 5) is 15.0. The van der Waals surface area contributed by atoms with Gasteiger partial charge in [-0.3, -0.25) is 4.79 Å². The molecule has 45 heavy (non-hydrogen) atoms. The maximum absolute atomic E-state index is 12.4. The number of unbranched alkanes of at least 4 members (excludes halogenated alkanes) is 9. The molecule has 0 amide bonds. The lowest BCUT2D eigenvalue weighted by atomic mass is 9.87. The predicted octanol–water partition coefficient (Wildman–Crippen LogP) is 11.8. The van der Waals surface area contributed by atoms with E-state index < -0.39 is 0 Å². The Hall–Kier alpha value is -0.260. The zero-order valence-electron chi connectivity index (χ0n) is 30.8. The Morgan fingerprint density at radius 2 is 1.31 bits per heavy atom. The van der Waals surface area contributed by atoms with Crippen molar-refractivity contribution in [3.05, 3.63) is 0 Å². The largest absolute Gasteiger partial charge is 0.466 e. The molecule has 268 valence electrons. The number of carbonyl (C=O) groups excluding carboxylic acids is 1. The minimum absolute atomic E-state index is 0.0102. The standard InChI is InChI=1S/C40H79NO3S/c1-5-8-11-12-18-25-40(43)44-34-30-36(21-14-9-6-2)26-28-38(41(4)32-19-20-33-42)29-27-37(22-15-10-7-3)31-35-45-39-23-16-13-17-24-39/h36-39,42H,5-35H2,1-4H3. The van der Waals surface area contributed by atoms with Gasteiger partial charge in [0.1, 0.15) is 0 Å². The lowest BCUT2D eigenvalue weighted by molar-refractivity contribution is -0.144. The molecule has 0 heterocycles. The highest BCUT2D eigenvalue weighted by Crippen LogP contribution is 2.32. The molecule has 3 unspecified atom stereocenters. The SMILES string of the molecule is CCCCCCCC(=O)OCCC(CCCCC)CCC(CCC(CCCCC)CCSC1CCCCC1)N(C)CCCCO. The van der Waals surface area contributed by atoms with Gasteiger partial charge >= 0.3 is 5.97 Å². The van der Waals surface area contributed by atoms with Crippen LogP contribution in [0.1, 0.15) is 194 Å². The van der Waals surface area contributed by atoms with Crippen LogP contribution in [0.4, 0.5) is 0 Å². The van der Waals surface area contributed by atoms with Crippen LogP contribution in [0.5, 0.6) is 0 Å². The highest BCUT2D eigenvalue weighted by atomic mass is 32.2. The normalized spacial score (nSPS) is 16.2. The molecule has 1 aliphatic carbocycles. The topological polar surface area (TPSA) is 49.8 Å². The summed E-state index contributed by atoms with van der Waals surface area (Å²) in [6.45, 7) is 8.83. The number of ether oxygens (including phenoxy) is 1. The average Bonchev–Trinajstić information content (AvgIpc) is 3.04. The van der Waals surface area contributed by atoms with Crippen LogP contribution in [0, 0.1) is 11.8 Å². The van der Waals surface area contributed by atoms with E-state index in [0.29, 0.717) is 31.6 Å². The maximum atomic E-state index is 12.4. The number of nitrogens with zero attached hydrogens (tertiary/aromatic N) is 1. The molecule has 5 heteroatoms. The van der Waals surface area contributed by atoms with Crippen LogP contribution >= 0.6 is 11.8 Å². The lowest BCUT2D eigenvalue weighted by Gasteiger charge is -2.31. The molecule has 0 aromatic carbocycles. The fraction of sp³-hybridized carbons (Fsp3) is 0.975. The Balaban J connectivity index is 2.69. The van der Waals surface area contributed by atoms with Crippen molar-refractivity contribution in [2.24, 2.45) is 11.8 Å². The first kappa shape index (κ1) is 42.8. The van der Waals surface area contributed by atoms with Crippen molar-refractivity contribution in [1.82, 2.24) is 4.90 Å². The molecule has 1 rings (SSSR count). The Kier molecular flexibility index (Phi) is 29.5. The quantitative estimate of drug-likeness (QED) is 0.0578. The van der Waals surface area contributed by atoms with Crippen molar-refractivity contribution in [3.8, 4) is 0 Å². The number of hydrogen-bond donors (Lipinski definition) is 1. The summed E-state index contributed by atoms with van der Waals surface area (Å²) in [7, 11) is 2.33. The maximum Gasteiger partial charge on any atom is 0.305 e. The molecular weight excluding hydrogens is 575 g/mol. The monoisotopic (exact) mass is 654 g/mol. The van der Waals surface area contributed by atoms with Gasteiger partial charge in [0.25, 0.3) is 0 Å². The molecule has 1 saturated carbocycles. The lowest BCUT2D eigenvalue weighted by Crippen LogP contribution is -2.33. The van der Waals surface area contributed by atoms with Crippen LogP contribution in [-0.2, 0) is 9.53 Å². The molecule has 0 radical (unpaired) electrons. The smallest absolute Gasteiger partial charge is 0.305 e. The third-order valence-corrected chi connectivity index (χ3v) is 11.9. The molecular formula is C40H79NO3S. The van der Waals surface area contributed by atoms with Gasteiger partial charge in [0, 0.05) is 24.3 Å². The number of rotatable bonds is 32. The first-order chi connectivity index (χ1) is 22.0. The van der Waals surface area contributed by atoms with Gasteiger partial charge in [-0.05, 0) is 102 Å². The number of thioether (sulfide) groups is 1. The van der Waals surface area contributed by atoms with E-state index in [1.807, 2.05) is 0 Å². The van der Waals surface area contributed by atoms with E-state index in [4.69, 9.17) is 4.74 Å². The first-order valence-electron chi connectivity index (χ1n) is 20.1. The molecule has 3 atom stereocenters. The predicted molar refractivity (Wildman–Crippen MR) is 199 cm³/mol. The van der Waals surface area contributed by atoms with Gasteiger partial charge in [0.15, 0.2) is 0 Å². The zero-order chi connectivity index (χ0) is 32.8. The van der Waals surface area contributed by atoms with Gasteiger partial charge in [-0.1, -0.05) is 117 Å². The van der Waals surface area contributed by atoms with Crippen LogP contribution in [-0.4, -0.2) is 59.8 Å². The third-order valence-electron chi connectivity index (χ3n) is 10.5. The highest BCUT2D eigenvalue weighted by molar-refractivity contribution is 7.99. The van der Waals surface area contributed by atoms with E-state index in [9.17, 15) is 9.90 Å². The molecule has 0 aromatic heterocycles. The molecule has 0 bridgehead atoms. The van der Waals surface area contributed by atoms with Crippen molar-refractivity contribution in [2.45, 2.75) is 205 Å². The molecule has 1 fully saturated rings. The van der Waals surface area contributed by atoms with Gasteiger partial charge in [0.05, 0.1) is 6.61 Å². The Morgan fingerprint density at radius 3 is 1.93 bits per heavy atom. The Labute approximate surface area is 286 Å². The van der Waals surface area contributed by atoms with Gasteiger partial charge in [-0.25, -0.2) is 0 Å². The molecule has 0 spiro atoms. The molecule has 0 aromatic rings. The Bertz CT molecular complexity index is 641. The van der Waals surface area contributed by atoms with Crippen LogP contribution in [0.3, 0.4) is 0 Å². The summed E-state index contributed by atoms with van der Waals surface area (Å²) in [5.74, 6) is 2.88. The average molecular weight is 654 g/mol. The zero-order valence-corrected chi connectivity index (χ0v) is 31.7. The summed E-state index contributed by atoms with van der Waals surface area (Å²) in [6, 6.07) is 0.614. The van der Waals surface area contributed by atoms with Crippen molar-refractivity contribution in [1.29, 1.82) is 0 Å². The van der Waals surface area contributed by atoms with Crippen LogP contribution in [0.15, 0.2) is 0 Å². The molecule has 1 N–H and O–H groups in total. The van der Waals surface area contributed by atoms with Crippen LogP contribution in [0.2, 0.25) is 0 Å². The number of carbonyl (C=O) groups is 1. The van der Waals surface area contributed by atoms with Gasteiger partial charge in [-0.2, -0.15) is 11.8 Å². The summed E-state index contributed by atoms with van der Waals surface area (Å²) in [6.07, 6.45) is 33.8. The minimum atomic E-state index is 0.0102. The number of aliphatic hydroxyl groups excluding tert-OH is 1.